The van der Waals surface area contributed by atoms with Crippen LogP contribution in [0.15, 0.2) is 23.1 Å². The number of esters is 1. The number of nitrogens with zero attached hydrogens (tertiary/aromatic N) is 5. The Labute approximate surface area is 162 Å². The van der Waals surface area contributed by atoms with Gasteiger partial charge in [-0.15, -0.1) is 0 Å². The first-order valence-electron chi connectivity index (χ1n) is 9.26. The summed E-state index contributed by atoms with van der Waals surface area (Å²) >= 11 is 0. The van der Waals surface area contributed by atoms with Crippen molar-refractivity contribution in [3.8, 4) is 0 Å². The highest BCUT2D eigenvalue weighted by molar-refractivity contribution is 5.76. The zero-order valence-electron chi connectivity index (χ0n) is 16.1. The van der Waals surface area contributed by atoms with E-state index in [1.807, 2.05) is 11.0 Å². The van der Waals surface area contributed by atoms with E-state index in [9.17, 15) is 14.4 Å². The van der Waals surface area contributed by atoms with Gasteiger partial charge in [-0.1, -0.05) is 0 Å². The summed E-state index contributed by atoms with van der Waals surface area (Å²) in [6.45, 7) is 4.22. The van der Waals surface area contributed by atoms with Crippen LogP contribution in [0.5, 0.6) is 0 Å². The first-order valence-corrected chi connectivity index (χ1v) is 9.26. The molecule has 3 rings (SSSR count). The van der Waals surface area contributed by atoms with Crippen LogP contribution in [-0.4, -0.2) is 70.8 Å². The molecule has 1 aliphatic rings. The largest absolute Gasteiger partial charge is 0.466 e. The fourth-order valence-electron chi connectivity index (χ4n) is 3.09. The van der Waals surface area contributed by atoms with Crippen molar-refractivity contribution in [2.45, 2.75) is 13.3 Å². The summed E-state index contributed by atoms with van der Waals surface area (Å²) in [6, 6.07) is 3.37. The van der Waals surface area contributed by atoms with Crippen molar-refractivity contribution in [3.63, 3.8) is 0 Å². The van der Waals surface area contributed by atoms with Crippen molar-refractivity contribution in [2.24, 2.45) is 7.05 Å². The maximum Gasteiger partial charge on any atom is 0.317 e. The number of hydrogen-bond acceptors (Lipinski definition) is 7. The molecule has 0 spiro atoms. The molecule has 10 nitrogen and oxygen atoms in total. The second-order valence-electron chi connectivity index (χ2n) is 6.41. The number of carbonyl (C=O) groups is 2. The molecule has 0 bridgehead atoms. The van der Waals surface area contributed by atoms with Crippen LogP contribution in [0.3, 0.4) is 0 Å². The molecular formula is C18H24N6O4. The molecule has 0 atom stereocenters. The van der Waals surface area contributed by atoms with Crippen LogP contribution in [0.2, 0.25) is 0 Å². The number of carbonyl (C=O) groups excluding carboxylic acids is 2. The van der Waals surface area contributed by atoms with Gasteiger partial charge >= 0.3 is 12.0 Å². The molecule has 0 unspecified atom stereocenters. The summed E-state index contributed by atoms with van der Waals surface area (Å²) in [6.07, 6.45) is 1.77. The molecule has 0 aliphatic carbocycles. The van der Waals surface area contributed by atoms with E-state index in [0.717, 1.165) is 0 Å². The standard InChI is InChI=1S/C18H24N6O4/c1-3-28-14(25)6-8-20-18(27)24-11-9-23(10-12-24)16-17(26)22(2)15-13(21-16)5-4-7-19-15/h4-5,7H,3,6,8-12H2,1-2H3,(H,20,27). The second kappa shape index (κ2) is 8.68. The predicted octanol–water partition coefficient (Wildman–Crippen LogP) is 0.113. The summed E-state index contributed by atoms with van der Waals surface area (Å²) in [7, 11) is 1.68. The lowest BCUT2D eigenvalue weighted by Gasteiger charge is -2.35. The van der Waals surface area contributed by atoms with Gasteiger partial charge in [-0.2, -0.15) is 0 Å². The number of anilines is 1. The average Bonchev–Trinajstić information content (AvgIpc) is 2.71. The molecule has 2 aromatic rings. The zero-order chi connectivity index (χ0) is 20.1. The quantitative estimate of drug-likeness (QED) is 0.724. The summed E-state index contributed by atoms with van der Waals surface area (Å²) in [5, 5.41) is 2.72. The number of urea groups is 1. The van der Waals surface area contributed by atoms with Crippen LogP contribution in [0.25, 0.3) is 11.2 Å². The van der Waals surface area contributed by atoms with Crippen LogP contribution < -0.4 is 15.8 Å². The Morgan fingerprint density at radius 2 is 2.00 bits per heavy atom. The van der Waals surface area contributed by atoms with E-state index in [-0.39, 0.29) is 30.5 Å². The normalized spacial score (nSPS) is 14.2. The maximum atomic E-state index is 12.6. The number of aromatic nitrogens is 3. The number of rotatable bonds is 5. The number of pyridine rings is 1. The summed E-state index contributed by atoms with van der Waals surface area (Å²) < 4.78 is 6.32. The van der Waals surface area contributed by atoms with Crippen LogP contribution >= 0.6 is 0 Å². The van der Waals surface area contributed by atoms with Gasteiger partial charge in [0, 0.05) is 46.0 Å². The molecule has 150 valence electrons. The molecule has 10 heteroatoms. The number of amides is 2. The second-order valence-corrected chi connectivity index (χ2v) is 6.41. The maximum absolute atomic E-state index is 12.6. The molecule has 28 heavy (non-hydrogen) atoms. The van der Waals surface area contributed by atoms with Crippen molar-refractivity contribution in [1.82, 2.24) is 24.8 Å². The third-order valence-electron chi connectivity index (χ3n) is 4.58. The van der Waals surface area contributed by atoms with Gasteiger partial charge in [0.05, 0.1) is 13.0 Å². The van der Waals surface area contributed by atoms with Crippen molar-refractivity contribution in [1.29, 1.82) is 0 Å². The van der Waals surface area contributed by atoms with Gasteiger partial charge in [-0.05, 0) is 19.1 Å². The van der Waals surface area contributed by atoms with E-state index in [1.165, 1.54) is 4.57 Å². The number of hydrogen-bond donors (Lipinski definition) is 1. The summed E-state index contributed by atoms with van der Waals surface area (Å²) in [4.78, 5) is 48.4. The molecule has 1 saturated heterocycles. The highest BCUT2D eigenvalue weighted by Crippen LogP contribution is 2.13. The smallest absolute Gasteiger partial charge is 0.317 e. The van der Waals surface area contributed by atoms with E-state index in [1.54, 1.807) is 31.1 Å². The van der Waals surface area contributed by atoms with Crippen LogP contribution in [-0.2, 0) is 16.6 Å². The Balaban J connectivity index is 1.59. The molecular weight excluding hydrogens is 364 g/mol. The number of piperazine rings is 1. The highest BCUT2D eigenvalue weighted by atomic mass is 16.5. The van der Waals surface area contributed by atoms with Gasteiger partial charge in [0.15, 0.2) is 11.5 Å². The molecule has 2 aromatic heterocycles. The third kappa shape index (κ3) is 4.21. The number of nitrogens with one attached hydrogen (secondary N) is 1. The van der Waals surface area contributed by atoms with Gasteiger partial charge in [0.25, 0.3) is 5.56 Å². The Morgan fingerprint density at radius 3 is 2.71 bits per heavy atom. The highest BCUT2D eigenvalue weighted by Gasteiger charge is 2.24. The van der Waals surface area contributed by atoms with Gasteiger partial charge in [0.1, 0.15) is 5.52 Å². The lowest BCUT2D eigenvalue weighted by Crippen LogP contribution is -2.53. The van der Waals surface area contributed by atoms with Gasteiger partial charge in [-0.3, -0.25) is 14.2 Å². The minimum absolute atomic E-state index is 0.143. The average molecular weight is 388 g/mol. The zero-order valence-corrected chi connectivity index (χ0v) is 16.1. The minimum atomic E-state index is -0.333. The van der Waals surface area contributed by atoms with Gasteiger partial charge < -0.3 is 19.9 Å². The number of aryl methyl sites for hydroxylation is 1. The van der Waals surface area contributed by atoms with Crippen molar-refractivity contribution in [3.05, 3.63) is 28.7 Å². The van der Waals surface area contributed by atoms with E-state index < -0.39 is 0 Å². The lowest BCUT2D eigenvalue weighted by atomic mass is 10.3. The van der Waals surface area contributed by atoms with Crippen molar-refractivity contribution >= 4 is 29.0 Å². The predicted molar refractivity (Wildman–Crippen MR) is 103 cm³/mol. The third-order valence-corrected chi connectivity index (χ3v) is 4.58. The number of fused-ring (bicyclic) bond motifs is 1. The van der Waals surface area contributed by atoms with Gasteiger partial charge in [-0.25, -0.2) is 14.8 Å². The summed E-state index contributed by atoms with van der Waals surface area (Å²) in [5.74, 6) is 0.0331. The molecule has 1 fully saturated rings. The van der Waals surface area contributed by atoms with E-state index in [2.05, 4.69) is 15.3 Å². The molecule has 0 aromatic carbocycles. The van der Waals surface area contributed by atoms with E-state index >= 15 is 0 Å². The monoisotopic (exact) mass is 388 g/mol. The SMILES string of the molecule is CCOC(=O)CCNC(=O)N1CCN(c2nc3cccnc3n(C)c2=O)CC1. The Morgan fingerprint density at radius 1 is 1.25 bits per heavy atom. The molecule has 2 amide bonds. The van der Waals surface area contributed by atoms with Gasteiger partial charge in [0.2, 0.25) is 0 Å². The van der Waals surface area contributed by atoms with Crippen molar-refractivity contribution < 1.29 is 14.3 Å². The molecule has 0 saturated carbocycles. The van der Waals surface area contributed by atoms with Crippen molar-refractivity contribution in [2.75, 3.05) is 44.2 Å². The topological polar surface area (TPSA) is 110 Å². The first-order chi connectivity index (χ1) is 13.5. The summed E-state index contributed by atoms with van der Waals surface area (Å²) in [5.41, 5.74) is 0.980. The van der Waals surface area contributed by atoms with E-state index in [4.69, 9.17) is 4.74 Å². The first kappa shape index (κ1) is 19.6. The van der Waals surface area contributed by atoms with Crippen LogP contribution in [0.4, 0.5) is 10.6 Å². The Kier molecular flexibility index (Phi) is 6.07. The molecule has 0 radical (unpaired) electrons. The molecule has 3 heterocycles. The fourth-order valence-corrected chi connectivity index (χ4v) is 3.09. The fraction of sp³-hybridized carbons (Fsp3) is 0.500. The van der Waals surface area contributed by atoms with Crippen LogP contribution in [0.1, 0.15) is 13.3 Å². The number of ether oxygens (including phenoxy) is 1. The Bertz CT molecular complexity index is 920. The lowest BCUT2D eigenvalue weighted by molar-refractivity contribution is -0.142. The van der Waals surface area contributed by atoms with Crippen LogP contribution in [0, 0.1) is 0 Å². The minimum Gasteiger partial charge on any atom is -0.466 e. The molecule has 1 N–H and O–H groups in total. The van der Waals surface area contributed by atoms with E-state index in [0.29, 0.717) is 49.8 Å². The Hall–Kier alpha value is -3.17. The molecule has 1 aliphatic heterocycles.